The summed E-state index contributed by atoms with van der Waals surface area (Å²) in [4.78, 5) is 9.74. The van der Waals surface area contributed by atoms with E-state index in [-0.39, 0.29) is 18.6 Å². The van der Waals surface area contributed by atoms with Crippen molar-refractivity contribution < 1.29 is 14.6 Å². The van der Waals surface area contributed by atoms with E-state index in [2.05, 4.69) is 16.8 Å². The number of hydrogen-bond acceptors (Lipinski definition) is 6. The highest BCUT2D eigenvalue weighted by molar-refractivity contribution is 7.19. The van der Waals surface area contributed by atoms with Gasteiger partial charge in [0.15, 0.2) is 0 Å². The first-order chi connectivity index (χ1) is 14.2. The third-order valence-corrected chi connectivity index (χ3v) is 8.69. The summed E-state index contributed by atoms with van der Waals surface area (Å²) < 4.78 is 12.2. The van der Waals surface area contributed by atoms with Crippen LogP contribution in [0.2, 0.25) is 0 Å². The summed E-state index contributed by atoms with van der Waals surface area (Å²) in [6.07, 6.45) is 10.1. The SMILES string of the molecule is CCC1(N2CCOCC2)CCC(Oc2ccnc3sc4c(c23)[C@@H](CO)CC4)CC1. The lowest BCUT2D eigenvalue weighted by atomic mass is 9.77. The molecule has 0 aromatic carbocycles. The van der Waals surface area contributed by atoms with E-state index in [0.29, 0.717) is 5.54 Å². The Morgan fingerprint density at radius 1 is 1.28 bits per heavy atom. The van der Waals surface area contributed by atoms with Crippen molar-refractivity contribution >= 4 is 21.6 Å². The van der Waals surface area contributed by atoms with E-state index >= 15 is 0 Å². The second kappa shape index (κ2) is 8.14. The van der Waals surface area contributed by atoms with Crippen molar-refractivity contribution in [2.24, 2.45) is 0 Å². The average Bonchev–Trinajstić information content (AvgIpc) is 3.34. The van der Waals surface area contributed by atoms with Crippen molar-refractivity contribution in [2.75, 3.05) is 32.9 Å². The van der Waals surface area contributed by atoms with Crippen molar-refractivity contribution in [2.45, 2.75) is 69.4 Å². The van der Waals surface area contributed by atoms with Crippen molar-refractivity contribution in [3.05, 3.63) is 22.7 Å². The zero-order valence-corrected chi connectivity index (χ0v) is 18.2. The highest BCUT2D eigenvalue weighted by atomic mass is 32.1. The first-order valence-corrected chi connectivity index (χ1v) is 12.1. The number of hydrogen-bond donors (Lipinski definition) is 1. The maximum Gasteiger partial charge on any atom is 0.131 e. The van der Waals surface area contributed by atoms with Gasteiger partial charge in [-0.05, 0) is 56.6 Å². The van der Waals surface area contributed by atoms with E-state index in [4.69, 9.17) is 9.47 Å². The van der Waals surface area contributed by atoms with Crippen LogP contribution in [0.25, 0.3) is 10.2 Å². The molecule has 1 aliphatic heterocycles. The van der Waals surface area contributed by atoms with E-state index in [9.17, 15) is 5.11 Å². The number of thiophene rings is 1. The van der Waals surface area contributed by atoms with Gasteiger partial charge in [0, 0.05) is 35.6 Å². The van der Waals surface area contributed by atoms with Crippen LogP contribution in [0.5, 0.6) is 5.75 Å². The van der Waals surface area contributed by atoms with Gasteiger partial charge in [0.2, 0.25) is 0 Å². The number of aromatic nitrogens is 1. The maximum absolute atomic E-state index is 9.84. The number of aliphatic hydroxyl groups is 1. The van der Waals surface area contributed by atoms with Gasteiger partial charge in [0.05, 0.1) is 31.3 Å². The van der Waals surface area contributed by atoms with E-state index in [1.807, 2.05) is 12.3 Å². The Morgan fingerprint density at radius 3 is 2.79 bits per heavy atom. The number of aliphatic hydroxyl groups excluding tert-OH is 1. The van der Waals surface area contributed by atoms with Crippen molar-refractivity contribution in [1.29, 1.82) is 0 Å². The minimum atomic E-state index is 0.217. The molecule has 1 atom stereocenters. The summed E-state index contributed by atoms with van der Waals surface area (Å²) in [5.41, 5.74) is 1.63. The lowest BCUT2D eigenvalue weighted by molar-refractivity contribution is -0.0510. The second-order valence-corrected chi connectivity index (χ2v) is 9.92. The average molecular weight is 417 g/mol. The first kappa shape index (κ1) is 19.7. The molecule has 2 aliphatic carbocycles. The highest BCUT2D eigenvalue weighted by Crippen LogP contribution is 2.47. The Bertz CT molecular complexity index is 853. The van der Waals surface area contributed by atoms with Crippen LogP contribution < -0.4 is 4.74 Å². The lowest BCUT2D eigenvalue weighted by Gasteiger charge is -2.49. The van der Waals surface area contributed by atoms with Crippen LogP contribution in [0, 0.1) is 0 Å². The minimum absolute atomic E-state index is 0.217. The fraction of sp³-hybridized carbons (Fsp3) is 0.696. The molecule has 29 heavy (non-hydrogen) atoms. The maximum atomic E-state index is 9.84. The molecule has 3 aliphatic rings. The topological polar surface area (TPSA) is 54.8 Å². The first-order valence-electron chi connectivity index (χ1n) is 11.2. The van der Waals surface area contributed by atoms with Crippen LogP contribution in [-0.4, -0.2) is 59.5 Å². The Balaban J connectivity index is 1.34. The molecular weight excluding hydrogens is 384 g/mol. The van der Waals surface area contributed by atoms with Crippen LogP contribution in [-0.2, 0) is 11.2 Å². The molecule has 1 saturated carbocycles. The van der Waals surface area contributed by atoms with E-state index in [0.717, 1.165) is 62.6 Å². The monoisotopic (exact) mass is 416 g/mol. The Morgan fingerprint density at radius 2 is 2.07 bits per heavy atom. The normalized spacial score (nSPS) is 30.6. The molecule has 158 valence electrons. The van der Waals surface area contributed by atoms with Crippen molar-refractivity contribution in [1.82, 2.24) is 9.88 Å². The predicted molar refractivity (Wildman–Crippen MR) is 116 cm³/mol. The van der Waals surface area contributed by atoms with Gasteiger partial charge < -0.3 is 14.6 Å². The smallest absolute Gasteiger partial charge is 0.131 e. The van der Waals surface area contributed by atoms with Crippen molar-refractivity contribution in [3.63, 3.8) is 0 Å². The van der Waals surface area contributed by atoms with Gasteiger partial charge in [-0.15, -0.1) is 11.3 Å². The highest BCUT2D eigenvalue weighted by Gasteiger charge is 2.40. The molecule has 0 amide bonds. The van der Waals surface area contributed by atoms with Gasteiger partial charge in [0.1, 0.15) is 10.6 Å². The number of fused-ring (bicyclic) bond motifs is 3. The minimum Gasteiger partial charge on any atom is -0.490 e. The molecule has 2 fully saturated rings. The molecule has 3 heterocycles. The number of aryl methyl sites for hydroxylation is 1. The van der Waals surface area contributed by atoms with Gasteiger partial charge in [-0.25, -0.2) is 4.98 Å². The number of ether oxygens (including phenoxy) is 2. The molecule has 0 radical (unpaired) electrons. The summed E-state index contributed by atoms with van der Waals surface area (Å²) in [6, 6.07) is 2.03. The van der Waals surface area contributed by atoms with Crippen LogP contribution in [0.4, 0.5) is 0 Å². The van der Waals surface area contributed by atoms with Gasteiger partial charge in [0.25, 0.3) is 0 Å². The van der Waals surface area contributed by atoms with Crippen LogP contribution in [0.15, 0.2) is 12.3 Å². The van der Waals surface area contributed by atoms with Crippen LogP contribution in [0.1, 0.15) is 61.8 Å². The molecule has 6 heteroatoms. The summed E-state index contributed by atoms with van der Waals surface area (Å²) in [6.45, 7) is 6.42. The molecular formula is C23H32N2O3S. The number of pyridine rings is 1. The lowest BCUT2D eigenvalue weighted by Crippen LogP contribution is -2.55. The summed E-state index contributed by atoms with van der Waals surface area (Å²) in [5, 5.41) is 11.0. The fourth-order valence-electron chi connectivity index (χ4n) is 5.77. The third kappa shape index (κ3) is 3.48. The Kier molecular flexibility index (Phi) is 5.54. The third-order valence-electron chi connectivity index (χ3n) is 7.51. The second-order valence-electron chi connectivity index (χ2n) is 8.84. The zero-order valence-electron chi connectivity index (χ0n) is 17.4. The van der Waals surface area contributed by atoms with E-state index < -0.39 is 0 Å². The molecule has 2 aromatic heterocycles. The predicted octanol–water partition coefficient (Wildman–Crippen LogP) is 4.12. The van der Waals surface area contributed by atoms with Crippen molar-refractivity contribution in [3.8, 4) is 5.75 Å². The molecule has 5 rings (SSSR count). The molecule has 0 spiro atoms. The molecule has 5 nitrogen and oxygen atoms in total. The zero-order chi connectivity index (χ0) is 19.8. The van der Waals surface area contributed by atoms with Gasteiger partial charge in [-0.1, -0.05) is 6.92 Å². The van der Waals surface area contributed by atoms with E-state index in [1.165, 1.54) is 35.1 Å². The summed E-state index contributed by atoms with van der Waals surface area (Å²) >= 11 is 1.78. The number of nitrogens with zero attached hydrogens (tertiary/aromatic N) is 2. The van der Waals surface area contributed by atoms with Gasteiger partial charge in [-0.3, -0.25) is 4.90 Å². The quantitative estimate of drug-likeness (QED) is 0.795. The van der Waals surface area contributed by atoms with Crippen LogP contribution in [0.3, 0.4) is 0 Å². The molecule has 1 N–H and O–H groups in total. The largest absolute Gasteiger partial charge is 0.490 e. The summed E-state index contributed by atoms with van der Waals surface area (Å²) in [5.74, 6) is 1.22. The number of rotatable bonds is 5. The van der Waals surface area contributed by atoms with Crippen LogP contribution >= 0.6 is 11.3 Å². The molecule has 1 saturated heterocycles. The Hall–Kier alpha value is -1.21. The molecule has 0 bridgehead atoms. The Labute approximate surface area is 177 Å². The molecule has 0 unspecified atom stereocenters. The van der Waals surface area contributed by atoms with Gasteiger partial charge in [-0.2, -0.15) is 0 Å². The molecule has 2 aromatic rings. The van der Waals surface area contributed by atoms with E-state index in [1.54, 1.807) is 11.3 Å². The fourth-order valence-corrected chi connectivity index (χ4v) is 7.03. The standard InChI is InChI=1S/C23H32N2O3S/c1-2-23(25-11-13-27-14-12-25)8-5-17(6-9-23)28-18-7-10-24-22-21(18)20-16(15-26)3-4-19(20)29-22/h7,10,16-17,26H,2-6,8-9,11-15H2,1H3/t16-,17?,23?/m1/s1. The summed E-state index contributed by atoms with van der Waals surface area (Å²) in [7, 11) is 0. The van der Waals surface area contributed by atoms with Gasteiger partial charge >= 0.3 is 0 Å². The number of morpholine rings is 1.